The van der Waals surface area contributed by atoms with Gasteiger partial charge in [-0.3, -0.25) is 19.3 Å². The first-order chi connectivity index (χ1) is 19.6. The molecule has 0 bridgehead atoms. The smallest absolute Gasteiger partial charge is 0.294 e. The van der Waals surface area contributed by atoms with Crippen LogP contribution >= 0.6 is 11.8 Å². The van der Waals surface area contributed by atoms with Gasteiger partial charge in [-0.1, -0.05) is 57.2 Å². The normalized spacial score (nSPS) is 14.3. The van der Waals surface area contributed by atoms with Crippen LogP contribution in [0.4, 0.5) is 10.5 Å². The van der Waals surface area contributed by atoms with E-state index in [2.05, 4.69) is 38.2 Å². The van der Waals surface area contributed by atoms with E-state index in [1.54, 1.807) is 48.5 Å². The van der Waals surface area contributed by atoms with Crippen LogP contribution in [0.2, 0.25) is 0 Å². The number of amides is 3. The summed E-state index contributed by atoms with van der Waals surface area (Å²) >= 11 is 0.795. The van der Waals surface area contributed by atoms with Crippen LogP contribution < -0.4 is 19.5 Å². The van der Waals surface area contributed by atoms with E-state index < -0.39 is 17.1 Å². The lowest BCUT2D eigenvalue weighted by Gasteiger charge is -2.19. The summed E-state index contributed by atoms with van der Waals surface area (Å²) in [6.45, 7) is 9.09. The summed E-state index contributed by atoms with van der Waals surface area (Å²) in [6.07, 6.45) is 1.61. The van der Waals surface area contributed by atoms with Crippen molar-refractivity contribution in [3.63, 3.8) is 0 Å². The SMILES string of the molecule is CCOc1cc(/C=C2\SC(=O)N(CC(=O)Nc3ccccc3)C2=O)ccc1OCCOc1ccc(C(C)(C)C)cc1. The predicted octanol–water partition coefficient (Wildman–Crippen LogP) is 6.52. The Bertz CT molecular complexity index is 1410. The monoisotopic (exact) mass is 574 g/mol. The molecule has 0 aromatic heterocycles. The molecule has 1 saturated heterocycles. The molecule has 0 saturated carbocycles. The Morgan fingerprint density at radius 1 is 0.902 bits per heavy atom. The van der Waals surface area contributed by atoms with E-state index >= 15 is 0 Å². The third kappa shape index (κ3) is 8.14. The lowest BCUT2D eigenvalue weighted by atomic mass is 9.87. The molecule has 4 rings (SSSR count). The van der Waals surface area contributed by atoms with Gasteiger partial charge in [-0.25, -0.2) is 0 Å². The fourth-order valence-electron chi connectivity index (χ4n) is 4.02. The zero-order valence-corrected chi connectivity index (χ0v) is 24.5. The summed E-state index contributed by atoms with van der Waals surface area (Å²) in [5.74, 6) is 0.854. The third-order valence-corrected chi connectivity index (χ3v) is 7.04. The van der Waals surface area contributed by atoms with Crippen LogP contribution in [-0.2, 0) is 15.0 Å². The van der Waals surface area contributed by atoms with Gasteiger partial charge in [0.15, 0.2) is 11.5 Å². The molecule has 214 valence electrons. The molecular weight excluding hydrogens is 540 g/mol. The van der Waals surface area contributed by atoms with E-state index in [4.69, 9.17) is 14.2 Å². The maximum Gasteiger partial charge on any atom is 0.294 e. The Balaban J connectivity index is 1.35. The standard InChI is InChI=1S/C32H34N2O6S/c1-5-38-27-19-22(11-16-26(27)40-18-17-39-25-14-12-23(13-15-25)32(2,3)4)20-28-30(36)34(31(37)41-28)21-29(35)33-24-9-7-6-8-10-24/h6-16,19-20H,5,17-18,21H2,1-4H3,(H,33,35)/b28-20-. The summed E-state index contributed by atoms with van der Waals surface area (Å²) in [4.78, 5) is 39.0. The van der Waals surface area contributed by atoms with Crippen LogP contribution in [0.1, 0.15) is 38.8 Å². The van der Waals surface area contributed by atoms with Crippen molar-refractivity contribution in [3.8, 4) is 17.2 Å². The van der Waals surface area contributed by atoms with Gasteiger partial charge in [0.2, 0.25) is 5.91 Å². The number of nitrogens with one attached hydrogen (secondary N) is 1. The van der Waals surface area contributed by atoms with Gasteiger partial charge in [0, 0.05) is 5.69 Å². The van der Waals surface area contributed by atoms with E-state index in [1.165, 1.54) is 5.56 Å². The van der Waals surface area contributed by atoms with E-state index in [0.29, 0.717) is 42.6 Å². The van der Waals surface area contributed by atoms with Crippen molar-refractivity contribution in [1.82, 2.24) is 4.90 Å². The zero-order chi connectivity index (χ0) is 29.4. The van der Waals surface area contributed by atoms with Crippen LogP contribution in [0.15, 0.2) is 77.7 Å². The van der Waals surface area contributed by atoms with E-state index in [9.17, 15) is 14.4 Å². The molecule has 1 aliphatic heterocycles. The Kier molecular flexibility index (Phi) is 9.73. The number of anilines is 1. The minimum atomic E-state index is -0.519. The second-order valence-electron chi connectivity index (χ2n) is 10.3. The summed E-state index contributed by atoms with van der Waals surface area (Å²) in [5, 5.41) is 2.19. The van der Waals surface area contributed by atoms with Crippen LogP contribution in [0.3, 0.4) is 0 Å². The molecule has 41 heavy (non-hydrogen) atoms. The molecule has 0 radical (unpaired) electrons. The molecule has 0 unspecified atom stereocenters. The summed E-state index contributed by atoms with van der Waals surface area (Å²) in [7, 11) is 0. The minimum absolute atomic E-state index is 0.0805. The second-order valence-corrected chi connectivity index (χ2v) is 11.3. The maximum absolute atomic E-state index is 12.9. The van der Waals surface area contributed by atoms with Crippen molar-refractivity contribution in [2.75, 3.05) is 31.7 Å². The fourth-order valence-corrected chi connectivity index (χ4v) is 4.86. The van der Waals surface area contributed by atoms with Crippen molar-refractivity contribution in [3.05, 3.63) is 88.8 Å². The van der Waals surface area contributed by atoms with E-state index in [0.717, 1.165) is 22.4 Å². The average molecular weight is 575 g/mol. The quantitative estimate of drug-likeness (QED) is 0.206. The molecule has 1 aliphatic rings. The van der Waals surface area contributed by atoms with Crippen molar-refractivity contribution in [2.24, 2.45) is 0 Å². The van der Waals surface area contributed by atoms with Crippen molar-refractivity contribution < 1.29 is 28.6 Å². The van der Waals surface area contributed by atoms with Crippen LogP contribution in [0.25, 0.3) is 6.08 Å². The molecule has 3 aromatic rings. The Morgan fingerprint density at radius 2 is 1.61 bits per heavy atom. The van der Waals surface area contributed by atoms with Gasteiger partial charge < -0.3 is 19.5 Å². The van der Waals surface area contributed by atoms with E-state index in [-0.39, 0.29) is 16.9 Å². The Morgan fingerprint density at radius 3 is 2.29 bits per heavy atom. The van der Waals surface area contributed by atoms with Crippen LogP contribution in [-0.4, -0.2) is 48.3 Å². The number of hydrogen-bond donors (Lipinski definition) is 1. The first-order valence-electron chi connectivity index (χ1n) is 13.4. The highest BCUT2D eigenvalue weighted by Gasteiger charge is 2.36. The van der Waals surface area contributed by atoms with E-state index in [1.807, 2.05) is 25.1 Å². The van der Waals surface area contributed by atoms with Gasteiger partial charge in [-0.15, -0.1) is 0 Å². The van der Waals surface area contributed by atoms with Crippen molar-refractivity contribution >= 4 is 40.6 Å². The number of imide groups is 1. The molecule has 3 amide bonds. The number of para-hydroxylation sites is 1. The Hall–Kier alpha value is -4.24. The number of ether oxygens (including phenoxy) is 3. The topological polar surface area (TPSA) is 94.2 Å². The molecule has 0 spiro atoms. The highest BCUT2D eigenvalue weighted by molar-refractivity contribution is 8.18. The van der Waals surface area contributed by atoms with Gasteiger partial charge in [0.05, 0.1) is 11.5 Å². The van der Waals surface area contributed by atoms with Crippen LogP contribution in [0, 0.1) is 0 Å². The number of hydrogen-bond acceptors (Lipinski definition) is 7. The fraction of sp³-hybridized carbons (Fsp3) is 0.281. The van der Waals surface area contributed by atoms with Crippen LogP contribution in [0.5, 0.6) is 17.2 Å². The van der Waals surface area contributed by atoms with Crippen molar-refractivity contribution in [2.45, 2.75) is 33.1 Å². The number of rotatable bonds is 11. The molecule has 9 heteroatoms. The highest BCUT2D eigenvalue weighted by atomic mass is 32.2. The molecule has 1 N–H and O–H groups in total. The molecule has 0 aliphatic carbocycles. The zero-order valence-electron chi connectivity index (χ0n) is 23.6. The predicted molar refractivity (Wildman–Crippen MR) is 161 cm³/mol. The number of benzene rings is 3. The highest BCUT2D eigenvalue weighted by Crippen LogP contribution is 2.35. The maximum atomic E-state index is 12.9. The lowest BCUT2D eigenvalue weighted by Crippen LogP contribution is -2.36. The molecule has 8 nitrogen and oxygen atoms in total. The first kappa shape index (κ1) is 29.7. The molecule has 3 aromatic carbocycles. The molecule has 1 fully saturated rings. The molecule has 1 heterocycles. The van der Waals surface area contributed by atoms with Gasteiger partial charge >= 0.3 is 0 Å². The van der Waals surface area contributed by atoms with Gasteiger partial charge in [-0.2, -0.15) is 0 Å². The number of thioether (sulfide) groups is 1. The van der Waals surface area contributed by atoms with Gasteiger partial charge in [0.25, 0.3) is 11.1 Å². The number of nitrogens with zero attached hydrogens (tertiary/aromatic N) is 1. The van der Waals surface area contributed by atoms with Crippen molar-refractivity contribution in [1.29, 1.82) is 0 Å². The second kappa shape index (κ2) is 13.4. The Labute approximate surface area is 244 Å². The summed E-state index contributed by atoms with van der Waals surface area (Å²) in [6, 6.07) is 22.2. The average Bonchev–Trinajstić information content (AvgIpc) is 3.19. The number of carbonyl (C=O) groups excluding carboxylic acids is 3. The third-order valence-electron chi connectivity index (χ3n) is 6.13. The first-order valence-corrected chi connectivity index (χ1v) is 14.2. The minimum Gasteiger partial charge on any atom is -0.490 e. The van der Waals surface area contributed by atoms with Gasteiger partial charge in [-0.05, 0) is 77.7 Å². The molecular formula is C32H34N2O6S. The molecule has 0 atom stereocenters. The number of carbonyl (C=O) groups is 3. The summed E-state index contributed by atoms with van der Waals surface area (Å²) < 4.78 is 17.5. The largest absolute Gasteiger partial charge is 0.490 e. The lowest BCUT2D eigenvalue weighted by molar-refractivity contribution is -0.127. The summed E-state index contributed by atoms with van der Waals surface area (Å²) in [5.41, 5.74) is 2.57. The van der Waals surface area contributed by atoms with Gasteiger partial charge in [0.1, 0.15) is 25.5 Å².